The van der Waals surface area contributed by atoms with E-state index in [1.165, 1.54) is 0 Å². The van der Waals surface area contributed by atoms with Crippen LogP contribution in [-0.2, 0) is 4.74 Å². The number of rotatable bonds is 2. The van der Waals surface area contributed by atoms with E-state index in [-0.39, 0.29) is 17.8 Å². The molecule has 1 heterocycles. The standard InChI is InChI=1S/C13H18FNO/c1-8-5-9(2)12(11(14)6-8)13(15)10-3-4-16-7-10/h5-6,10,13H,3-4,7,15H2,1-2H3. The van der Waals surface area contributed by atoms with Crippen molar-refractivity contribution in [3.8, 4) is 0 Å². The maximum atomic E-state index is 13.9. The van der Waals surface area contributed by atoms with Crippen molar-refractivity contribution in [1.82, 2.24) is 0 Å². The van der Waals surface area contributed by atoms with Crippen molar-refractivity contribution >= 4 is 0 Å². The Morgan fingerprint density at radius 3 is 2.75 bits per heavy atom. The molecule has 2 rings (SSSR count). The van der Waals surface area contributed by atoms with Crippen LogP contribution in [0.25, 0.3) is 0 Å². The minimum Gasteiger partial charge on any atom is -0.381 e. The first-order valence-corrected chi connectivity index (χ1v) is 5.69. The Hall–Kier alpha value is -0.930. The first-order chi connectivity index (χ1) is 7.59. The SMILES string of the molecule is Cc1cc(C)c(C(N)C2CCOC2)c(F)c1. The Labute approximate surface area is 95.6 Å². The number of hydrogen-bond acceptors (Lipinski definition) is 2. The molecule has 1 aromatic rings. The van der Waals surface area contributed by atoms with Gasteiger partial charge in [0.2, 0.25) is 0 Å². The summed E-state index contributed by atoms with van der Waals surface area (Å²) in [5, 5.41) is 0. The third-order valence-corrected chi connectivity index (χ3v) is 3.29. The van der Waals surface area contributed by atoms with Gasteiger partial charge in [-0.2, -0.15) is 0 Å². The third-order valence-electron chi connectivity index (χ3n) is 3.29. The van der Waals surface area contributed by atoms with Crippen molar-refractivity contribution < 1.29 is 9.13 Å². The van der Waals surface area contributed by atoms with Crippen LogP contribution in [0.1, 0.15) is 29.2 Å². The van der Waals surface area contributed by atoms with E-state index in [1.807, 2.05) is 19.9 Å². The number of halogens is 1. The number of hydrogen-bond donors (Lipinski definition) is 1. The lowest BCUT2D eigenvalue weighted by Crippen LogP contribution is -2.23. The van der Waals surface area contributed by atoms with E-state index < -0.39 is 0 Å². The molecule has 1 saturated heterocycles. The molecule has 2 N–H and O–H groups in total. The molecule has 2 unspecified atom stereocenters. The Kier molecular flexibility index (Phi) is 3.26. The lowest BCUT2D eigenvalue weighted by Gasteiger charge is -2.21. The van der Waals surface area contributed by atoms with Crippen molar-refractivity contribution in [3.63, 3.8) is 0 Å². The van der Waals surface area contributed by atoms with E-state index in [9.17, 15) is 4.39 Å². The van der Waals surface area contributed by atoms with E-state index in [4.69, 9.17) is 10.5 Å². The van der Waals surface area contributed by atoms with Crippen LogP contribution >= 0.6 is 0 Å². The van der Waals surface area contributed by atoms with Crippen LogP contribution < -0.4 is 5.73 Å². The van der Waals surface area contributed by atoms with E-state index in [0.717, 1.165) is 24.2 Å². The molecule has 1 aliphatic rings. The van der Waals surface area contributed by atoms with Crippen molar-refractivity contribution in [2.75, 3.05) is 13.2 Å². The highest BCUT2D eigenvalue weighted by Gasteiger charge is 2.27. The molecule has 2 nitrogen and oxygen atoms in total. The van der Waals surface area contributed by atoms with Gasteiger partial charge in [0.15, 0.2) is 0 Å². The van der Waals surface area contributed by atoms with Gasteiger partial charge in [-0.1, -0.05) is 6.07 Å². The van der Waals surface area contributed by atoms with Gasteiger partial charge >= 0.3 is 0 Å². The minimum absolute atomic E-state index is 0.183. The van der Waals surface area contributed by atoms with Crippen molar-refractivity contribution in [2.24, 2.45) is 11.7 Å². The molecule has 0 spiro atoms. The van der Waals surface area contributed by atoms with E-state index in [1.54, 1.807) is 6.07 Å². The Morgan fingerprint density at radius 2 is 2.19 bits per heavy atom. The molecule has 0 bridgehead atoms. The topological polar surface area (TPSA) is 35.2 Å². The van der Waals surface area contributed by atoms with Crippen LogP contribution in [0, 0.1) is 25.6 Å². The Morgan fingerprint density at radius 1 is 1.44 bits per heavy atom. The second kappa shape index (κ2) is 4.52. The zero-order valence-electron chi connectivity index (χ0n) is 9.79. The number of benzene rings is 1. The highest BCUT2D eigenvalue weighted by molar-refractivity contribution is 5.34. The molecule has 88 valence electrons. The van der Waals surface area contributed by atoms with Crippen LogP contribution in [0.15, 0.2) is 12.1 Å². The zero-order valence-corrected chi connectivity index (χ0v) is 9.79. The van der Waals surface area contributed by atoms with Crippen LogP contribution in [0.2, 0.25) is 0 Å². The van der Waals surface area contributed by atoms with Crippen LogP contribution in [0.5, 0.6) is 0 Å². The van der Waals surface area contributed by atoms with Gasteiger partial charge in [-0.25, -0.2) is 4.39 Å². The van der Waals surface area contributed by atoms with Crippen molar-refractivity contribution in [1.29, 1.82) is 0 Å². The summed E-state index contributed by atoms with van der Waals surface area (Å²) in [6, 6.07) is 3.29. The summed E-state index contributed by atoms with van der Waals surface area (Å²) in [4.78, 5) is 0. The van der Waals surface area contributed by atoms with E-state index in [2.05, 4.69) is 0 Å². The summed E-state index contributed by atoms with van der Waals surface area (Å²) >= 11 is 0. The lowest BCUT2D eigenvalue weighted by atomic mass is 9.89. The predicted molar refractivity (Wildman–Crippen MR) is 61.7 cm³/mol. The normalized spacial score (nSPS) is 22.4. The average Bonchev–Trinajstić information content (AvgIpc) is 2.67. The molecule has 3 heteroatoms. The smallest absolute Gasteiger partial charge is 0.128 e. The molecule has 0 aliphatic carbocycles. The summed E-state index contributed by atoms with van der Waals surface area (Å²) in [6.07, 6.45) is 0.925. The average molecular weight is 223 g/mol. The molecule has 1 fully saturated rings. The van der Waals surface area contributed by atoms with Gasteiger partial charge in [-0.15, -0.1) is 0 Å². The molecule has 0 saturated carbocycles. The number of aryl methyl sites for hydroxylation is 2. The Bertz CT molecular complexity index is 363. The van der Waals surface area contributed by atoms with Gasteiger partial charge in [0.05, 0.1) is 6.61 Å². The summed E-state index contributed by atoms with van der Waals surface area (Å²) in [5.74, 6) is 0.0628. The fourth-order valence-electron chi connectivity index (χ4n) is 2.42. The van der Waals surface area contributed by atoms with Crippen molar-refractivity contribution in [3.05, 3.63) is 34.6 Å². The largest absolute Gasteiger partial charge is 0.381 e. The Balaban J connectivity index is 2.31. The molecule has 0 aromatic heterocycles. The molecule has 16 heavy (non-hydrogen) atoms. The summed E-state index contributed by atoms with van der Waals surface area (Å²) in [6.45, 7) is 5.20. The molecular formula is C13H18FNO. The number of ether oxygens (including phenoxy) is 1. The summed E-state index contributed by atoms with van der Waals surface area (Å²) < 4.78 is 19.2. The lowest BCUT2D eigenvalue weighted by molar-refractivity contribution is 0.180. The summed E-state index contributed by atoms with van der Waals surface area (Å²) in [5.41, 5.74) is 8.67. The van der Waals surface area contributed by atoms with Crippen LogP contribution in [-0.4, -0.2) is 13.2 Å². The highest BCUT2D eigenvalue weighted by atomic mass is 19.1. The molecule has 2 atom stereocenters. The van der Waals surface area contributed by atoms with Crippen molar-refractivity contribution in [2.45, 2.75) is 26.3 Å². The zero-order chi connectivity index (χ0) is 11.7. The second-order valence-corrected chi connectivity index (χ2v) is 4.63. The van der Waals surface area contributed by atoms with Gasteiger partial charge < -0.3 is 10.5 Å². The third kappa shape index (κ3) is 2.11. The first-order valence-electron chi connectivity index (χ1n) is 5.69. The van der Waals surface area contributed by atoms with Crippen LogP contribution in [0.4, 0.5) is 4.39 Å². The molecular weight excluding hydrogens is 205 g/mol. The van der Waals surface area contributed by atoms with Gasteiger partial charge in [-0.3, -0.25) is 0 Å². The predicted octanol–water partition coefficient (Wildman–Crippen LogP) is 2.48. The molecule has 1 aliphatic heterocycles. The first kappa shape index (κ1) is 11.6. The van der Waals surface area contributed by atoms with E-state index >= 15 is 0 Å². The maximum Gasteiger partial charge on any atom is 0.128 e. The fourth-order valence-corrected chi connectivity index (χ4v) is 2.42. The van der Waals surface area contributed by atoms with Gasteiger partial charge in [-0.05, 0) is 37.5 Å². The molecule has 0 radical (unpaired) electrons. The summed E-state index contributed by atoms with van der Waals surface area (Å²) in [7, 11) is 0. The molecule has 0 amide bonds. The van der Waals surface area contributed by atoms with Gasteiger partial charge in [0.1, 0.15) is 5.82 Å². The highest BCUT2D eigenvalue weighted by Crippen LogP contribution is 2.30. The van der Waals surface area contributed by atoms with Gasteiger partial charge in [0.25, 0.3) is 0 Å². The quantitative estimate of drug-likeness (QED) is 0.836. The molecule has 1 aromatic carbocycles. The number of nitrogens with two attached hydrogens (primary N) is 1. The monoisotopic (exact) mass is 223 g/mol. The maximum absolute atomic E-state index is 13.9. The van der Waals surface area contributed by atoms with Crippen LogP contribution in [0.3, 0.4) is 0 Å². The second-order valence-electron chi connectivity index (χ2n) is 4.63. The minimum atomic E-state index is -0.247. The van der Waals surface area contributed by atoms with E-state index in [0.29, 0.717) is 12.2 Å². The van der Waals surface area contributed by atoms with Gasteiger partial charge in [0, 0.05) is 24.1 Å². The fraction of sp³-hybridized carbons (Fsp3) is 0.538.